The van der Waals surface area contributed by atoms with Crippen molar-refractivity contribution in [3.8, 4) is 11.1 Å². The van der Waals surface area contributed by atoms with E-state index in [1.54, 1.807) is 0 Å². The van der Waals surface area contributed by atoms with E-state index in [4.69, 9.17) is 9.57 Å². The fourth-order valence-corrected chi connectivity index (χ4v) is 3.84. The standard InChI is InChI=1S/C23H24F3NO5/c1-22(2,3)32-20(23(24,25)26)19(21(29)30)27(13-28)31-12-18-16-10-6-4-8-14(16)15-9-5-7-11-17(15)18/h4-11,13,18-20H,12H2,1-3H3,(H,29,30)/t19-,20+/m0/s1. The van der Waals surface area contributed by atoms with Gasteiger partial charge in [0.15, 0.2) is 12.1 Å². The van der Waals surface area contributed by atoms with Crippen LogP contribution in [0, 0.1) is 0 Å². The summed E-state index contributed by atoms with van der Waals surface area (Å²) in [5, 5.41) is 9.74. The number of carboxylic acids is 1. The lowest BCUT2D eigenvalue weighted by Crippen LogP contribution is -2.57. The van der Waals surface area contributed by atoms with Crippen molar-refractivity contribution >= 4 is 12.4 Å². The molecule has 0 bridgehead atoms. The molecular weight excluding hydrogens is 427 g/mol. The second-order valence-corrected chi connectivity index (χ2v) is 8.46. The highest BCUT2D eigenvalue weighted by Crippen LogP contribution is 2.44. The maximum absolute atomic E-state index is 13.7. The number of hydroxylamine groups is 2. The van der Waals surface area contributed by atoms with Gasteiger partial charge in [0.05, 0.1) is 12.2 Å². The van der Waals surface area contributed by atoms with Crippen LogP contribution >= 0.6 is 0 Å². The van der Waals surface area contributed by atoms with E-state index in [1.165, 1.54) is 20.8 Å². The number of benzene rings is 2. The molecule has 0 aromatic heterocycles. The summed E-state index contributed by atoms with van der Waals surface area (Å²) in [5.74, 6) is -2.27. The van der Waals surface area contributed by atoms with Crippen molar-refractivity contribution in [3.05, 3.63) is 59.7 Å². The number of ether oxygens (including phenoxy) is 1. The molecule has 2 aromatic carbocycles. The molecule has 0 saturated carbocycles. The van der Waals surface area contributed by atoms with Crippen molar-refractivity contribution in [1.82, 2.24) is 5.06 Å². The highest BCUT2D eigenvalue weighted by molar-refractivity contribution is 5.79. The predicted molar refractivity (Wildman–Crippen MR) is 110 cm³/mol. The Hall–Kier alpha value is -2.91. The van der Waals surface area contributed by atoms with Crippen LogP contribution in [0.3, 0.4) is 0 Å². The molecule has 2 aromatic rings. The molecule has 0 unspecified atom stereocenters. The molecule has 0 radical (unpaired) electrons. The number of hydrogen-bond donors (Lipinski definition) is 1. The zero-order valence-corrected chi connectivity index (χ0v) is 17.8. The third-order valence-electron chi connectivity index (χ3n) is 5.07. The van der Waals surface area contributed by atoms with E-state index in [-0.39, 0.29) is 24.0 Å². The molecule has 0 aliphatic heterocycles. The molecule has 2 atom stereocenters. The van der Waals surface area contributed by atoms with Crippen LogP contribution in [0.5, 0.6) is 0 Å². The topological polar surface area (TPSA) is 76.1 Å². The molecule has 1 aliphatic rings. The number of hydrogen-bond acceptors (Lipinski definition) is 4. The van der Waals surface area contributed by atoms with Crippen molar-refractivity contribution in [3.63, 3.8) is 0 Å². The lowest BCUT2D eigenvalue weighted by Gasteiger charge is -2.36. The summed E-state index contributed by atoms with van der Waals surface area (Å²) in [6, 6.07) is 12.5. The van der Waals surface area contributed by atoms with Gasteiger partial charge in [-0.25, -0.2) is 9.86 Å². The average Bonchev–Trinajstić information content (AvgIpc) is 3.02. The van der Waals surface area contributed by atoms with Crippen LogP contribution in [0.4, 0.5) is 13.2 Å². The number of alkyl halides is 3. The SMILES string of the molecule is CC(C)(C)O[C@H]([C@@H](C(=O)O)N(C=O)OCC1c2ccccc2-c2ccccc21)C(F)(F)F. The van der Waals surface area contributed by atoms with Crippen LogP contribution in [-0.4, -0.2) is 53.1 Å². The fourth-order valence-electron chi connectivity index (χ4n) is 3.84. The molecule has 0 fully saturated rings. The molecule has 1 aliphatic carbocycles. The molecule has 0 heterocycles. The molecular formula is C23H24F3NO5. The van der Waals surface area contributed by atoms with Gasteiger partial charge in [-0.05, 0) is 43.0 Å². The number of aliphatic carboxylic acids is 1. The molecule has 6 nitrogen and oxygen atoms in total. The number of amides is 1. The van der Waals surface area contributed by atoms with Gasteiger partial charge in [0, 0.05) is 5.92 Å². The second-order valence-electron chi connectivity index (χ2n) is 8.46. The Balaban J connectivity index is 1.89. The van der Waals surface area contributed by atoms with Crippen LogP contribution < -0.4 is 0 Å². The van der Waals surface area contributed by atoms with E-state index >= 15 is 0 Å². The molecule has 32 heavy (non-hydrogen) atoms. The predicted octanol–water partition coefficient (Wildman–Crippen LogP) is 4.39. The van der Waals surface area contributed by atoms with Crippen LogP contribution in [0.15, 0.2) is 48.5 Å². The molecule has 9 heteroatoms. The number of carbonyl (C=O) groups excluding carboxylic acids is 1. The first-order valence-corrected chi connectivity index (χ1v) is 9.96. The first-order chi connectivity index (χ1) is 14.9. The van der Waals surface area contributed by atoms with Gasteiger partial charge in [-0.2, -0.15) is 13.2 Å². The largest absolute Gasteiger partial charge is 0.480 e. The zero-order chi connectivity index (χ0) is 23.7. The molecule has 3 rings (SSSR count). The Morgan fingerprint density at radius 3 is 1.97 bits per heavy atom. The first kappa shape index (κ1) is 23.7. The van der Waals surface area contributed by atoms with E-state index in [1.807, 2.05) is 48.5 Å². The first-order valence-electron chi connectivity index (χ1n) is 9.96. The van der Waals surface area contributed by atoms with Crippen molar-refractivity contribution in [2.45, 2.75) is 50.6 Å². The van der Waals surface area contributed by atoms with Crippen LogP contribution in [-0.2, 0) is 19.2 Å². The molecule has 1 N–H and O–H groups in total. The van der Waals surface area contributed by atoms with Crippen LogP contribution in [0.2, 0.25) is 0 Å². The molecule has 1 amide bonds. The van der Waals surface area contributed by atoms with Gasteiger partial charge in [-0.1, -0.05) is 48.5 Å². The normalized spacial score (nSPS) is 15.6. The number of nitrogens with zero attached hydrogens (tertiary/aromatic N) is 1. The van der Waals surface area contributed by atoms with E-state index in [0.717, 1.165) is 22.3 Å². The maximum atomic E-state index is 13.7. The minimum atomic E-state index is -5.05. The summed E-state index contributed by atoms with van der Waals surface area (Å²) in [5.41, 5.74) is 2.35. The second kappa shape index (κ2) is 8.91. The molecule has 0 spiro atoms. The van der Waals surface area contributed by atoms with E-state index in [0.29, 0.717) is 0 Å². The average molecular weight is 451 g/mol. The van der Waals surface area contributed by atoms with Crippen LogP contribution in [0.25, 0.3) is 11.1 Å². The van der Waals surface area contributed by atoms with Gasteiger partial charge in [-0.3, -0.25) is 9.63 Å². The summed E-state index contributed by atoms with van der Waals surface area (Å²) >= 11 is 0. The third-order valence-corrected chi connectivity index (χ3v) is 5.07. The summed E-state index contributed by atoms with van der Waals surface area (Å²) in [6.07, 6.45) is -7.89. The van der Waals surface area contributed by atoms with Gasteiger partial charge in [0.1, 0.15) is 0 Å². The van der Waals surface area contributed by atoms with Gasteiger partial charge >= 0.3 is 12.1 Å². The van der Waals surface area contributed by atoms with Crippen LogP contribution in [0.1, 0.15) is 37.8 Å². The maximum Gasteiger partial charge on any atom is 0.417 e. The van der Waals surface area contributed by atoms with Crippen molar-refractivity contribution in [2.24, 2.45) is 0 Å². The quantitative estimate of drug-likeness (QED) is 0.476. The minimum Gasteiger partial charge on any atom is -0.480 e. The Labute approximate surface area is 183 Å². The van der Waals surface area contributed by atoms with Crippen molar-refractivity contribution in [1.29, 1.82) is 0 Å². The van der Waals surface area contributed by atoms with Gasteiger partial charge in [-0.15, -0.1) is 0 Å². The van der Waals surface area contributed by atoms with Gasteiger partial charge in [0.25, 0.3) is 0 Å². The van der Waals surface area contributed by atoms with E-state index in [9.17, 15) is 27.9 Å². The molecule has 172 valence electrons. The number of fused-ring (bicyclic) bond motifs is 3. The highest BCUT2D eigenvalue weighted by Gasteiger charge is 2.53. The van der Waals surface area contributed by atoms with Gasteiger partial charge < -0.3 is 9.84 Å². The summed E-state index contributed by atoms with van der Waals surface area (Å²) in [6.45, 7) is 3.87. The lowest BCUT2D eigenvalue weighted by atomic mass is 9.98. The lowest BCUT2D eigenvalue weighted by molar-refractivity contribution is -0.286. The number of carboxylic acid groups (broad SMARTS) is 1. The Morgan fingerprint density at radius 2 is 1.56 bits per heavy atom. The van der Waals surface area contributed by atoms with Gasteiger partial charge in [0.2, 0.25) is 6.41 Å². The third kappa shape index (κ3) is 4.94. The minimum absolute atomic E-state index is 0.0592. The van der Waals surface area contributed by atoms with Crippen molar-refractivity contribution in [2.75, 3.05) is 6.61 Å². The van der Waals surface area contributed by atoms with E-state index in [2.05, 4.69) is 0 Å². The monoisotopic (exact) mass is 451 g/mol. The Morgan fingerprint density at radius 1 is 1.06 bits per heavy atom. The zero-order valence-electron chi connectivity index (χ0n) is 17.8. The summed E-state index contributed by atoms with van der Waals surface area (Å²) < 4.78 is 46.1. The number of halogens is 3. The number of carbonyl (C=O) groups is 2. The fraction of sp³-hybridized carbons (Fsp3) is 0.391. The highest BCUT2D eigenvalue weighted by atomic mass is 19.4. The Bertz CT molecular complexity index is 941. The summed E-state index contributed by atoms with van der Waals surface area (Å²) in [7, 11) is 0. The smallest absolute Gasteiger partial charge is 0.417 e. The van der Waals surface area contributed by atoms with Crippen molar-refractivity contribution < 1.29 is 37.4 Å². The molecule has 0 saturated heterocycles. The Kier molecular flexibility index (Phi) is 6.61. The number of rotatable bonds is 8. The van der Waals surface area contributed by atoms with E-state index < -0.39 is 29.9 Å². The summed E-state index contributed by atoms with van der Waals surface area (Å²) in [4.78, 5) is 28.9.